The molecule has 0 aromatic heterocycles. The number of fused-ring (bicyclic) bond motifs is 9. The highest BCUT2D eigenvalue weighted by atomic mass is 32.2. The van der Waals surface area contributed by atoms with E-state index >= 15 is 0 Å². The average Bonchev–Trinajstić information content (AvgIpc) is 4.22. The molecule has 0 aromatic rings. The van der Waals surface area contributed by atoms with E-state index in [2.05, 4.69) is 210 Å². The number of hydrogen-bond acceptors (Lipinski definition) is 7. The Labute approximate surface area is 473 Å². The van der Waals surface area contributed by atoms with Crippen molar-refractivity contribution in [3.8, 4) is 0 Å². The van der Waals surface area contributed by atoms with Crippen LogP contribution in [-0.4, -0.2) is 45.6 Å². The van der Waals surface area contributed by atoms with Gasteiger partial charge in [-0.2, -0.15) is 0 Å². The Hall–Kier alpha value is -5.21. The Morgan fingerprint density at radius 2 is 1.53 bits per heavy atom. The number of nitrogens with zero attached hydrogens (tertiary/aromatic N) is 3. The van der Waals surface area contributed by atoms with Gasteiger partial charge in [-0.3, -0.25) is 5.32 Å². The number of aliphatic imine (C=N–C) groups is 1. The SMILES string of the molecule is CC1C=C(C2C=CC(C3CC=CC4=C3C3CC5C(C=C3S4)C3CC=CC=C3N5C3C=CC=CC3)=CC2C2(C)NC(C3=CCCC=C3)=NC(C3CCCCC3)N2)C2=C(C1)SC1=CC3=C(CC12)N(C1C=CC=CC1)C1=CC=CCC13. The molecule has 14 unspecified atom stereocenters. The van der Waals surface area contributed by atoms with Crippen molar-refractivity contribution in [1.29, 1.82) is 0 Å². The van der Waals surface area contributed by atoms with Gasteiger partial charge in [-0.1, -0.05) is 183 Å². The van der Waals surface area contributed by atoms with Crippen molar-refractivity contribution in [2.75, 3.05) is 0 Å². The molecule has 16 rings (SSSR count). The van der Waals surface area contributed by atoms with Gasteiger partial charge >= 0.3 is 0 Å². The van der Waals surface area contributed by atoms with Crippen molar-refractivity contribution in [2.24, 2.45) is 64.2 Å². The van der Waals surface area contributed by atoms with E-state index in [1.807, 2.05) is 0 Å². The van der Waals surface area contributed by atoms with Crippen LogP contribution >= 0.6 is 23.5 Å². The summed E-state index contributed by atoms with van der Waals surface area (Å²) in [4.78, 5) is 17.8. The van der Waals surface area contributed by atoms with Gasteiger partial charge in [0.05, 0.1) is 17.7 Å². The van der Waals surface area contributed by atoms with Crippen LogP contribution in [0, 0.1) is 59.2 Å². The quantitative estimate of drug-likeness (QED) is 0.265. The van der Waals surface area contributed by atoms with E-state index in [-0.39, 0.29) is 18.0 Å². The van der Waals surface area contributed by atoms with Gasteiger partial charge in [0.2, 0.25) is 0 Å². The lowest BCUT2D eigenvalue weighted by Crippen LogP contribution is -2.69. The maximum atomic E-state index is 5.70. The van der Waals surface area contributed by atoms with Crippen LogP contribution < -0.4 is 10.6 Å². The zero-order valence-corrected chi connectivity index (χ0v) is 47.4. The van der Waals surface area contributed by atoms with Crippen molar-refractivity contribution < 1.29 is 0 Å². The molecule has 1 saturated heterocycles. The van der Waals surface area contributed by atoms with Crippen molar-refractivity contribution >= 4 is 29.4 Å². The van der Waals surface area contributed by atoms with Gasteiger partial charge in [-0.05, 0) is 157 Å². The molecule has 398 valence electrons. The summed E-state index contributed by atoms with van der Waals surface area (Å²) in [6.07, 6.45) is 79.5. The van der Waals surface area contributed by atoms with E-state index in [0.29, 0.717) is 65.5 Å². The average molecular weight is 1060 g/mol. The van der Waals surface area contributed by atoms with Crippen molar-refractivity contribution in [3.05, 3.63) is 222 Å². The largest absolute Gasteiger partial charge is 0.364 e. The molecule has 5 heterocycles. The molecular formula is C71H77N5S2. The molecule has 2 N–H and O–H groups in total. The van der Waals surface area contributed by atoms with E-state index in [4.69, 9.17) is 4.99 Å². The fourth-order valence-corrected chi connectivity index (χ4v) is 20.6. The number of hydrogen-bond donors (Lipinski definition) is 2. The molecule has 0 spiro atoms. The highest BCUT2D eigenvalue weighted by molar-refractivity contribution is 8.07. The first-order chi connectivity index (χ1) is 38.4. The van der Waals surface area contributed by atoms with Gasteiger partial charge in [0.15, 0.2) is 0 Å². The van der Waals surface area contributed by atoms with E-state index in [0.717, 1.165) is 63.6 Å². The monoisotopic (exact) mass is 1060 g/mol. The predicted molar refractivity (Wildman–Crippen MR) is 326 cm³/mol. The highest BCUT2D eigenvalue weighted by Gasteiger charge is 2.54. The van der Waals surface area contributed by atoms with Crippen LogP contribution in [0.3, 0.4) is 0 Å². The molecule has 5 nitrogen and oxygen atoms in total. The Bertz CT molecular complexity index is 3260. The fraction of sp³-hybridized carbons (Fsp3) is 0.451. The zero-order chi connectivity index (χ0) is 51.6. The Morgan fingerprint density at radius 3 is 2.36 bits per heavy atom. The fourth-order valence-electron chi connectivity index (χ4n) is 17.7. The number of rotatable bonds is 7. The minimum atomic E-state index is -0.460. The standard InChI is InChI=1S/C71H77N5S2/c1-43-36-55(68-57-40-62-54(42-65(57)78-66(68)37-43)52-29-16-18-32-60(52)76(62)48-26-13-6-14-27-48)50-35-34-46(38-58(50)71(2)73-69(44-20-7-3-8-21-44)72-70(74-71)45-22-9-4-10-23-45)49-30-19-33-63-67(49)56-39-61-53(41-64(56)77-63)51-28-15-17-31-59(51)75(61)47-24-11-5-12-25-47/h5-7,11-21,24,26,31-36,38,41-43,45,47-53,56-58,61,70,74H,3-4,8-10,22-23,25,27-30,37,39-40H2,1-2H3,(H,72,73). The normalized spacial score (nSPS) is 39.7. The molecule has 5 aliphatic heterocycles. The van der Waals surface area contributed by atoms with Gasteiger partial charge in [0, 0.05) is 81.0 Å². The first kappa shape index (κ1) is 48.7. The third kappa shape index (κ3) is 7.99. The highest BCUT2D eigenvalue weighted by Crippen LogP contribution is 2.64. The van der Waals surface area contributed by atoms with Crippen molar-refractivity contribution in [3.63, 3.8) is 0 Å². The van der Waals surface area contributed by atoms with E-state index in [1.165, 1.54) is 60.3 Å². The molecule has 11 aliphatic carbocycles. The number of likely N-dealkylation sites (tertiary alicyclic amines) is 1. The van der Waals surface area contributed by atoms with Crippen LogP contribution in [0.5, 0.6) is 0 Å². The van der Waals surface area contributed by atoms with Crippen LogP contribution in [0.2, 0.25) is 0 Å². The molecule has 0 radical (unpaired) electrons. The number of amidine groups is 1. The number of thioether (sulfide) groups is 2. The molecule has 16 aliphatic rings. The third-order valence-electron chi connectivity index (χ3n) is 21.2. The van der Waals surface area contributed by atoms with Gasteiger partial charge in [0.25, 0.3) is 0 Å². The minimum Gasteiger partial charge on any atom is -0.364 e. The first-order valence-corrected chi connectivity index (χ1v) is 32.3. The molecule has 0 bridgehead atoms. The molecule has 1 saturated carbocycles. The predicted octanol–water partition coefficient (Wildman–Crippen LogP) is 16.1. The van der Waals surface area contributed by atoms with Gasteiger partial charge in [-0.15, -0.1) is 0 Å². The minimum absolute atomic E-state index is 0.0729. The topological polar surface area (TPSA) is 42.9 Å². The van der Waals surface area contributed by atoms with Crippen LogP contribution in [0.1, 0.15) is 110 Å². The summed E-state index contributed by atoms with van der Waals surface area (Å²) in [6, 6.07) is 1.31. The molecular weight excluding hydrogens is 987 g/mol. The van der Waals surface area contributed by atoms with E-state index in [9.17, 15) is 0 Å². The number of nitrogens with one attached hydrogen (secondary N) is 2. The lowest BCUT2D eigenvalue weighted by atomic mass is 9.65. The third-order valence-corrected chi connectivity index (χ3v) is 23.7. The smallest absolute Gasteiger partial charge is 0.131 e. The summed E-state index contributed by atoms with van der Waals surface area (Å²) >= 11 is 4.28. The van der Waals surface area contributed by atoms with Crippen molar-refractivity contribution in [1.82, 2.24) is 20.4 Å². The Balaban J connectivity index is 0.782. The maximum absolute atomic E-state index is 5.70. The summed E-state index contributed by atoms with van der Waals surface area (Å²) in [5.74, 6) is 5.21. The first-order valence-electron chi connectivity index (χ1n) is 30.7. The van der Waals surface area contributed by atoms with Crippen LogP contribution in [0.4, 0.5) is 0 Å². The molecule has 7 heteroatoms. The second-order valence-electron chi connectivity index (χ2n) is 25.8. The molecule has 0 amide bonds. The molecule has 78 heavy (non-hydrogen) atoms. The summed E-state index contributed by atoms with van der Waals surface area (Å²) in [5, 5.41) is 8.76. The van der Waals surface area contributed by atoms with Gasteiger partial charge in [-0.25, -0.2) is 4.99 Å². The zero-order valence-electron chi connectivity index (χ0n) is 45.8. The summed E-state index contributed by atoms with van der Waals surface area (Å²) in [6.45, 7) is 5.04. The Morgan fingerprint density at radius 1 is 0.705 bits per heavy atom. The molecule has 2 fully saturated rings. The van der Waals surface area contributed by atoms with Crippen LogP contribution in [-0.2, 0) is 0 Å². The summed E-state index contributed by atoms with van der Waals surface area (Å²) < 4.78 is 0. The lowest BCUT2D eigenvalue weighted by Gasteiger charge is -2.50. The molecule has 0 aromatic carbocycles. The van der Waals surface area contributed by atoms with Gasteiger partial charge < -0.3 is 15.1 Å². The van der Waals surface area contributed by atoms with Gasteiger partial charge in [0.1, 0.15) is 12.0 Å². The van der Waals surface area contributed by atoms with E-state index in [1.54, 1.807) is 48.4 Å². The summed E-state index contributed by atoms with van der Waals surface area (Å²) in [5.41, 5.74) is 13.6. The van der Waals surface area contributed by atoms with E-state index < -0.39 is 5.66 Å². The second-order valence-corrected chi connectivity index (χ2v) is 28.0. The van der Waals surface area contributed by atoms with Crippen LogP contribution in [0.25, 0.3) is 0 Å². The lowest BCUT2D eigenvalue weighted by molar-refractivity contribution is 0.142. The maximum Gasteiger partial charge on any atom is 0.131 e. The number of allylic oxidation sites excluding steroid dienone is 28. The molecule has 14 atom stereocenters. The Kier molecular flexibility index (Phi) is 12.2. The second kappa shape index (κ2) is 19.5. The van der Waals surface area contributed by atoms with Crippen LogP contribution in [0.15, 0.2) is 227 Å². The summed E-state index contributed by atoms with van der Waals surface area (Å²) in [7, 11) is 0. The van der Waals surface area contributed by atoms with Crippen molar-refractivity contribution in [2.45, 2.75) is 140 Å².